The summed E-state index contributed by atoms with van der Waals surface area (Å²) in [4.78, 5) is 4.04. The van der Waals surface area contributed by atoms with E-state index in [9.17, 15) is 0 Å². The third-order valence-electron chi connectivity index (χ3n) is 3.22. The second-order valence-electron chi connectivity index (χ2n) is 4.22. The lowest BCUT2D eigenvalue weighted by Gasteiger charge is -2.10. The molecular weight excluding hydrogens is 172 g/mol. The molecule has 0 saturated heterocycles. The van der Waals surface area contributed by atoms with Gasteiger partial charge in [0.25, 0.3) is 0 Å². The van der Waals surface area contributed by atoms with Crippen molar-refractivity contribution in [2.45, 2.75) is 31.7 Å². The van der Waals surface area contributed by atoms with Gasteiger partial charge in [-0.05, 0) is 56.3 Å². The van der Waals surface area contributed by atoms with E-state index >= 15 is 0 Å². The van der Waals surface area contributed by atoms with Crippen molar-refractivity contribution in [2.24, 2.45) is 5.92 Å². The molecule has 0 aromatic carbocycles. The molecule has 76 valence electrons. The third kappa shape index (κ3) is 2.32. The number of hydrogen-bond donors (Lipinski definition) is 1. The van der Waals surface area contributed by atoms with E-state index in [1.807, 2.05) is 12.4 Å². The van der Waals surface area contributed by atoms with Crippen molar-refractivity contribution in [3.63, 3.8) is 0 Å². The summed E-state index contributed by atoms with van der Waals surface area (Å²) in [6, 6.07) is 5.01. The molecule has 2 heteroatoms. The number of hydrogen-bond acceptors (Lipinski definition) is 2. The molecule has 2 atom stereocenters. The second kappa shape index (κ2) is 4.56. The molecule has 1 aromatic heterocycles. The van der Waals surface area contributed by atoms with Gasteiger partial charge in [0.2, 0.25) is 0 Å². The van der Waals surface area contributed by atoms with E-state index in [0.29, 0.717) is 0 Å². The van der Waals surface area contributed by atoms with Crippen molar-refractivity contribution in [1.82, 2.24) is 10.3 Å². The minimum atomic E-state index is 0.752. The van der Waals surface area contributed by atoms with Crippen LogP contribution >= 0.6 is 0 Å². The van der Waals surface area contributed by atoms with Gasteiger partial charge in [-0.25, -0.2) is 0 Å². The SMILES string of the molecule is CNC1CCC(Cc2ccncc2)C1. The lowest BCUT2D eigenvalue weighted by atomic mass is 9.99. The predicted octanol–water partition coefficient (Wildman–Crippen LogP) is 2.01. The topological polar surface area (TPSA) is 24.9 Å². The molecule has 0 aliphatic heterocycles. The van der Waals surface area contributed by atoms with Crippen LogP contribution in [0.25, 0.3) is 0 Å². The predicted molar refractivity (Wildman–Crippen MR) is 58.1 cm³/mol. The van der Waals surface area contributed by atoms with Crippen molar-refractivity contribution >= 4 is 0 Å². The zero-order valence-corrected chi connectivity index (χ0v) is 8.74. The zero-order valence-electron chi connectivity index (χ0n) is 8.74. The lowest BCUT2D eigenvalue weighted by molar-refractivity contribution is 0.510. The standard InChI is InChI=1S/C12H18N2/c1-13-12-3-2-11(9-12)8-10-4-6-14-7-5-10/h4-7,11-13H,2-3,8-9H2,1H3. The van der Waals surface area contributed by atoms with Crippen molar-refractivity contribution in [2.75, 3.05) is 7.05 Å². The van der Waals surface area contributed by atoms with E-state index in [1.54, 1.807) is 0 Å². The Labute approximate surface area is 85.7 Å². The van der Waals surface area contributed by atoms with Crippen molar-refractivity contribution < 1.29 is 0 Å². The Morgan fingerprint density at radius 3 is 2.79 bits per heavy atom. The maximum Gasteiger partial charge on any atom is 0.0270 e. The summed E-state index contributed by atoms with van der Waals surface area (Å²) in [5, 5.41) is 3.37. The van der Waals surface area contributed by atoms with Crippen LogP contribution in [0.2, 0.25) is 0 Å². The van der Waals surface area contributed by atoms with E-state index in [-0.39, 0.29) is 0 Å². The van der Waals surface area contributed by atoms with E-state index in [1.165, 1.54) is 31.2 Å². The Bertz CT molecular complexity index is 271. The van der Waals surface area contributed by atoms with Crippen LogP contribution in [0.5, 0.6) is 0 Å². The number of rotatable bonds is 3. The van der Waals surface area contributed by atoms with E-state index in [4.69, 9.17) is 0 Å². The minimum Gasteiger partial charge on any atom is -0.317 e. The van der Waals surface area contributed by atoms with E-state index in [0.717, 1.165) is 12.0 Å². The van der Waals surface area contributed by atoms with Gasteiger partial charge >= 0.3 is 0 Å². The monoisotopic (exact) mass is 190 g/mol. The largest absolute Gasteiger partial charge is 0.317 e. The zero-order chi connectivity index (χ0) is 9.80. The molecule has 1 N–H and O–H groups in total. The van der Waals surface area contributed by atoms with Crippen LogP contribution in [0.4, 0.5) is 0 Å². The Morgan fingerprint density at radius 2 is 2.14 bits per heavy atom. The summed E-state index contributed by atoms with van der Waals surface area (Å²) >= 11 is 0. The van der Waals surface area contributed by atoms with Crippen LogP contribution in [0.3, 0.4) is 0 Å². The highest BCUT2D eigenvalue weighted by Gasteiger charge is 2.23. The van der Waals surface area contributed by atoms with Gasteiger partial charge in [-0.3, -0.25) is 4.98 Å². The number of pyridine rings is 1. The van der Waals surface area contributed by atoms with Crippen LogP contribution < -0.4 is 5.32 Å². The quantitative estimate of drug-likeness (QED) is 0.788. The highest BCUT2D eigenvalue weighted by atomic mass is 14.9. The lowest BCUT2D eigenvalue weighted by Crippen LogP contribution is -2.21. The molecule has 0 radical (unpaired) electrons. The van der Waals surface area contributed by atoms with Crippen LogP contribution in [0.1, 0.15) is 24.8 Å². The Hall–Kier alpha value is -0.890. The maximum atomic E-state index is 4.04. The molecule has 0 spiro atoms. The van der Waals surface area contributed by atoms with Crippen molar-refractivity contribution in [1.29, 1.82) is 0 Å². The Kier molecular flexibility index (Phi) is 3.14. The van der Waals surface area contributed by atoms with Gasteiger partial charge in [-0.1, -0.05) is 0 Å². The second-order valence-corrected chi connectivity index (χ2v) is 4.22. The molecular formula is C12H18N2. The molecule has 1 heterocycles. The summed E-state index contributed by atoms with van der Waals surface area (Å²) < 4.78 is 0. The molecule has 1 aromatic rings. The maximum absolute atomic E-state index is 4.04. The number of nitrogens with zero attached hydrogens (tertiary/aromatic N) is 1. The van der Waals surface area contributed by atoms with Gasteiger partial charge in [0.05, 0.1) is 0 Å². The molecule has 2 nitrogen and oxygen atoms in total. The van der Waals surface area contributed by atoms with Gasteiger partial charge in [-0.2, -0.15) is 0 Å². The van der Waals surface area contributed by atoms with E-state index < -0.39 is 0 Å². The van der Waals surface area contributed by atoms with Crippen LogP contribution in [0.15, 0.2) is 24.5 Å². The summed E-state index contributed by atoms with van der Waals surface area (Å²) in [7, 11) is 2.07. The first kappa shape index (κ1) is 9.66. The van der Waals surface area contributed by atoms with Crippen LogP contribution in [0, 0.1) is 5.92 Å². The van der Waals surface area contributed by atoms with Crippen LogP contribution in [-0.2, 0) is 6.42 Å². The highest BCUT2D eigenvalue weighted by molar-refractivity contribution is 5.11. The molecule has 2 rings (SSSR count). The first-order valence-electron chi connectivity index (χ1n) is 5.44. The molecule has 2 unspecified atom stereocenters. The Morgan fingerprint density at radius 1 is 1.36 bits per heavy atom. The molecule has 0 amide bonds. The minimum absolute atomic E-state index is 0.752. The average molecular weight is 190 g/mol. The first-order valence-corrected chi connectivity index (χ1v) is 5.44. The molecule has 0 bridgehead atoms. The molecule has 14 heavy (non-hydrogen) atoms. The highest BCUT2D eigenvalue weighted by Crippen LogP contribution is 2.28. The summed E-state index contributed by atoms with van der Waals surface area (Å²) in [6.07, 6.45) is 9.04. The summed E-state index contributed by atoms with van der Waals surface area (Å²) in [5.74, 6) is 0.870. The Balaban J connectivity index is 1.88. The van der Waals surface area contributed by atoms with Crippen molar-refractivity contribution in [3.8, 4) is 0 Å². The molecule has 1 aliphatic carbocycles. The van der Waals surface area contributed by atoms with Gasteiger partial charge in [0, 0.05) is 18.4 Å². The van der Waals surface area contributed by atoms with Gasteiger partial charge in [0.15, 0.2) is 0 Å². The fourth-order valence-corrected chi connectivity index (χ4v) is 2.37. The summed E-state index contributed by atoms with van der Waals surface area (Å²) in [6.45, 7) is 0. The summed E-state index contributed by atoms with van der Waals surface area (Å²) in [5.41, 5.74) is 1.43. The van der Waals surface area contributed by atoms with Gasteiger partial charge in [-0.15, -0.1) is 0 Å². The van der Waals surface area contributed by atoms with Gasteiger partial charge in [0.1, 0.15) is 0 Å². The fourth-order valence-electron chi connectivity index (χ4n) is 2.37. The average Bonchev–Trinajstić information content (AvgIpc) is 2.67. The van der Waals surface area contributed by atoms with Gasteiger partial charge < -0.3 is 5.32 Å². The number of aromatic nitrogens is 1. The van der Waals surface area contributed by atoms with Crippen molar-refractivity contribution in [3.05, 3.63) is 30.1 Å². The third-order valence-corrected chi connectivity index (χ3v) is 3.22. The molecule has 1 aliphatic rings. The number of nitrogens with one attached hydrogen (secondary N) is 1. The normalized spacial score (nSPS) is 26.6. The molecule has 1 saturated carbocycles. The fraction of sp³-hybridized carbons (Fsp3) is 0.583. The first-order chi connectivity index (χ1) is 6.88. The van der Waals surface area contributed by atoms with Crippen LogP contribution in [-0.4, -0.2) is 18.1 Å². The molecule has 1 fully saturated rings. The smallest absolute Gasteiger partial charge is 0.0270 e. The van der Waals surface area contributed by atoms with E-state index in [2.05, 4.69) is 29.5 Å².